The molecule has 1 N–H and O–H groups in total. The quantitative estimate of drug-likeness (QED) is 0.941. The van der Waals surface area contributed by atoms with E-state index in [4.69, 9.17) is 5.11 Å². The minimum atomic E-state index is -0.871. The minimum absolute atomic E-state index is 0.348. The van der Waals surface area contributed by atoms with E-state index in [1.165, 1.54) is 11.1 Å². The number of aromatic carboxylic acids is 1. The van der Waals surface area contributed by atoms with Gasteiger partial charge in [-0.1, -0.05) is 18.2 Å². The Morgan fingerprint density at radius 2 is 2.09 bits per heavy atom. The third-order valence-electron chi connectivity index (χ3n) is 4.29. The van der Waals surface area contributed by atoms with Crippen LogP contribution in [0.25, 0.3) is 0 Å². The zero-order valence-corrected chi connectivity index (χ0v) is 12.7. The molecule has 0 radical (unpaired) electrons. The maximum atomic E-state index is 10.9. The van der Waals surface area contributed by atoms with E-state index in [0.717, 1.165) is 31.7 Å². The van der Waals surface area contributed by atoms with Crippen molar-refractivity contribution in [3.63, 3.8) is 0 Å². The zero-order valence-electron chi connectivity index (χ0n) is 12.7. The van der Waals surface area contributed by atoms with Crippen molar-refractivity contribution in [2.75, 3.05) is 18.0 Å². The molecule has 1 saturated heterocycles. The first-order valence-corrected chi connectivity index (χ1v) is 7.62. The molecule has 0 spiro atoms. The standard InChI is InChI=1S/C18H20N2O2/c1-13-3-2-9-19-17(13)20-10-8-15(12-20)11-14-4-6-16(7-5-14)18(21)22/h2-7,9,15H,8,10-12H2,1H3,(H,21,22). The van der Waals surface area contributed by atoms with E-state index in [9.17, 15) is 4.79 Å². The van der Waals surface area contributed by atoms with Crippen molar-refractivity contribution in [2.24, 2.45) is 5.92 Å². The number of aromatic nitrogens is 1. The van der Waals surface area contributed by atoms with Gasteiger partial charge in [-0.15, -0.1) is 0 Å². The van der Waals surface area contributed by atoms with E-state index in [1.807, 2.05) is 24.4 Å². The molecule has 1 aromatic heterocycles. The highest BCUT2D eigenvalue weighted by atomic mass is 16.4. The molecule has 4 nitrogen and oxygen atoms in total. The molecule has 0 saturated carbocycles. The van der Waals surface area contributed by atoms with Crippen LogP contribution in [0.5, 0.6) is 0 Å². The number of carboxylic acids is 1. The average molecular weight is 296 g/mol. The second kappa shape index (κ2) is 6.18. The van der Waals surface area contributed by atoms with Crippen LogP contribution in [-0.2, 0) is 6.42 Å². The number of hydrogen-bond acceptors (Lipinski definition) is 3. The Labute approximate surface area is 130 Å². The van der Waals surface area contributed by atoms with Crippen LogP contribution in [0, 0.1) is 12.8 Å². The van der Waals surface area contributed by atoms with Crippen LogP contribution in [0.4, 0.5) is 5.82 Å². The van der Waals surface area contributed by atoms with Crippen molar-refractivity contribution in [3.05, 3.63) is 59.3 Å². The summed E-state index contributed by atoms with van der Waals surface area (Å²) in [5.74, 6) is 0.813. The molecule has 22 heavy (non-hydrogen) atoms. The number of benzene rings is 1. The van der Waals surface area contributed by atoms with Crippen molar-refractivity contribution in [1.82, 2.24) is 4.98 Å². The molecule has 0 aliphatic carbocycles. The fourth-order valence-corrected chi connectivity index (χ4v) is 3.12. The SMILES string of the molecule is Cc1cccnc1N1CCC(Cc2ccc(C(=O)O)cc2)C1. The second-order valence-electron chi connectivity index (χ2n) is 5.95. The van der Waals surface area contributed by atoms with Gasteiger partial charge in [0.2, 0.25) is 0 Å². The number of carbonyl (C=O) groups is 1. The Morgan fingerprint density at radius 1 is 1.32 bits per heavy atom. The van der Waals surface area contributed by atoms with Gasteiger partial charge in [0.15, 0.2) is 0 Å². The van der Waals surface area contributed by atoms with Crippen molar-refractivity contribution >= 4 is 11.8 Å². The number of anilines is 1. The van der Waals surface area contributed by atoms with Crippen molar-refractivity contribution in [3.8, 4) is 0 Å². The predicted octanol–water partition coefficient (Wildman–Crippen LogP) is 3.16. The summed E-state index contributed by atoms with van der Waals surface area (Å²) in [6, 6.07) is 11.3. The highest BCUT2D eigenvalue weighted by Gasteiger charge is 2.24. The number of hydrogen-bond donors (Lipinski definition) is 1. The molecule has 2 heterocycles. The summed E-state index contributed by atoms with van der Waals surface area (Å²) in [6.07, 6.45) is 3.99. The summed E-state index contributed by atoms with van der Waals surface area (Å²) in [5.41, 5.74) is 2.77. The Hall–Kier alpha value is -2.36. The first kappa shape index (κ1) is 14.6. The van der Waals surface area contributed by atoms with E-state index in [1.54, 1.807) is 12.1 Å². The number of rotatable bonds is 4. The summed E-state index contributed by atoms with van der Waals surface area (Å²) < 4.78 is 0. The van der Waals surface area contributed by atoms with Crippen LogP contribution in [0.1, 0.15) is 27.9 Å². The van der Waals surface area contributed by atoms with E-state index in [2.05, 4.69) is 22.9 Å². The van der Waals surface area contributed by atoms with Gasteiger partial charge < -0.3 is 10.0 Å². The molecule has 3 rings (SSSR count). The lowest BCUT2D eigenvalue weighted by Crippen LogP contribution is -2.22. The van der Waals surface area contributed by atoms with Crippen LogP contribution in [0.3, 0.4) is 0 Å². The van der Waals surface area contributed by atoms with Gasteiger partial charge in [-0.3, -0.25) is 0 Å². The van der Waals surface area contributed by atoms with E-state index in [-0.39, 0.29) is 0 Å². The van der Waals surface area contributed by atoms with E-state index < -0.39 is 5.97 Å². The maximum absolute atomic E-state index is 10.9. The van der Waals surface area contributed by atoms with Gasteiger partial charge in [-0.25, -0.2) is 9.78 Å². The van der Waals surface area contributed by atoms with E-state index in [0.29, 0.717) is 11.5 Å². The van der Waals surface area contributed by atoms with Gasteiger partial charge in [-0.05, 0) is 55.0 Å². The van der Waals surface area contributed by atoms with Crippen molar-refractivity contribution in [1.29, 1.82) is 0 Å². The maximum Gasteiger partial charge on any atom is 0.335 e. The third kappa shape index (κ3) is 3.11. The number of nitrogens with zero attached hydrogens (tertiary/aromatic N) is 2. The highest BCUT2D eigenvalue weighted by molar-refractivity contribution is 5.87. The lowest BCUT2D eigenvalue weighted by atomic mass is 9.98. The van der Waals surface area contributed by atoms with Crippen molar-refractivity contribution in [2.45, 2.75) is 19.8 Å². The molecular weight excluding hydrogens is 276 g/mol. The average Bonchev–Trinajstić information content (AvgIpc) is 2.96. The van der Waals surface area contributed by atoms with Gasteiger partial charge in [-0.2, -0.15) is 0 Å². The Balaban J connectivity index is 1.63. The predicted molar refractivity (Wildman–Crippen MR) is 86.4 cm³/mol. The van der Waals surface area contributed by atoms with Crippen LogP contribution in [0.15, 0.2) is 42.6 Å². The lowest BCUT2D eigenvalue weighted by molar-refractivity contribution is 0.0697. The second-order valence-corrected chi connectivity index (χ2v) is 5.95. The van der Waals surface area contributed by atoms with Gasteiger partial charge in [0.1, 0.15) is 5.82 Å². The highest BCUT2D eigenvalue weighted by Crippen LogP contribution is 2.26. The fourth-order valence-electron chi connectivity index (χ4n) is 3.12. The van der Waals surface area contributed by atoms with Gasteiger partial charge in [0.25, 0.3) is 0 Å². The minimum Gasteiger partial charge on any atom is -0.478 e. The summed E-state index contributed by atoms with van der Waals surface area (Å²) >= 11 is 0. The van der Waals surface area contributed by atoms with Crippen LogP contribution in [0.2, 0.25) is 0 Å². The largest absolute Gasteiger partial charge is 0.478 e. The fraction of sp³-hybridized carbons (Fsp3) is 0.333. The first-order chi connectivity index (χ1) is 10.6. The molecule has 1 unspecified atom stereocenters. The summed E-state index contributed by atoms with van der Waals surface area (Å²) in [6.45, 7) is 4.15. The molecule has 1 aromatic carbocycles. The summed E-state index contributed by atoms with van der Waals surface area (Å²) in [4.78, 5) is 17.7. The topological polar surface area (TPSA) is 53.4 Å². The van der Waals surface area contributed by atoms with E-state index >= 15 is 0 Å². The normalized spacial score (nSPS) is 17.7. The number of aryl methyl sites for hydroxylation is 1. The monoisotopic (exact) mass is 296 g/mol. The van der Waals surface area contributed by atoms with Crippen LogP contribution < -0.4 is 4.90 Å². The molecule has 0 amide bonds. The van der Waals surface area contributed by atoms with Crippen molar-refractivity contribution < 1.29 is 9.90 Å². The zero-order chi connectivity index (χ0) is 15.5. The summed E-state index contributed by atoms with van der Waals surface area (Å²) in [5, 5.41) is 8.93. The molecule has 0 bridgehead atoms. The molecule has 4 heteroatoms. The summed E-state index contributed by atoms with van der Waals surface area (Å²) in [7, 11) is 0. The molecule has 114 valence electrons. The number of carboxylic acid groups (broad SMARTS) is 1. The van der Waals surface area contributed by atoms with Gasteiger partial charge in [0.05, 0.1) is 5.56 Å². The number of pyridine rings is 1. The molecule has 1 aliphatic rings. The third-order valence-corrected chi connectivity index (χ3v) is 4.29. The lowest BCUT2D eigenvalue weighted by Gasteiger charge is -2.19. The Morgan fingerprint density at radius 3 is 2.77 bits per heavy atom. The molecule has 1 fully saturated rings. The van der Waals surface area contributed by atoms with Crippen LogP contribution >= 0.6 is 0 Å². The molecular formula is C18H20N2O2. The Kier molecular flexibility index (Phi) is 4.09. The van der Waals surface area contributed by atoms with Gasteiger partial charge >= 0.3 is 5.97 Å². The first-order valence-electron chi connectivity index (χ1n) is 7.62. The van der Waals surface area contributed by atoms with Crippen LogP contribution in [-0.4, -0.2) is 29.1 Å². The smallest absolute Gasteiger partial charge is 0.335 e. The Bertz CT molecular complexity index is 667. The van der Waals surface area contributed by atoms with Gasteiger partial charge in [0, 0.05) is 19.3 Å². The molecule has 1 atom stereocenters. The molecule has 1 aliphatic heterocycles. The molecule has 2 aromatic rings.